The highest BCUT2D eigenvalue weighted by Crippen LogP contribution is 2.32. The molecule has 0 aromatic carbocycles. The van der Waals surface area contributed by atoms with Crippen molar-refractivity contribution in [2.24, 2.45) is 11.7 Å². The van der Waals surface area contributed by atoms with E-state index in [1.807, 2.05) is 0 Å². The summed E-state index contributed by atoms with van der Waals surface area (Å²) in [6, 6.07) is 0. The summed E-state index contributed by atoms with van der Waals surface area (Å²) in [5.74, 6) is 0.543. The third-order valence-corrected chi connectivity index (χ3v) is 3.44. The maximum absolute atomic E-state index is 12.1. The SMILES string of the molecule is CC1CCCC(N)(C(=O)N2CCCO2)C1. The van der Waals surface area contributed by atoms with E-state index < -0.39 is 5.54 Å². The number of carbonyl (C=O) groups excluding carboxylic acids is 1. The number of rotatable bonds is 1. The van der Waals surface area contributed by atoms with Crippen LogP contribution in [0.1, 0.15) is 39.0 Å². The van der Waals surface area contributed by atoms with Crippen molar-refractivity contribution in [1.82, 2.24) is 5.06 Å². The predicted molar refractivity (Wildman–Crippen MR) is 56.8 cm³/mol. The van der Waals surface area contributed by atoms with E-state index in [0.29, 0.717) is 19.1 Å². The number of carbonyl (C=O) groups is 1. The minimum Gasteiger partial charge on any atom is -0.317 e. The second-order valence-corrected chi connectivity index (χ2v) is 4.95. The molecule has 1 aliphatic heterocycles. The maximum atomic E-state index is 12.1. The quantitative estimate of drug-likeness (QED) is 0.707. The van der Waals surface area contributed by atoms with Crippen molar-refractivity contribution in [1.29, 1.82) is 0 Å². The summed E-state index contributed by atoms with van der Waals surface area (Å²) in [6.07, 6.45) is 4.77. The van der Waals surface area contributed by atoms with Crippen LogP contribution in [0.25, 0.3) is 0 Å². The molecule has 1 saturated carbocycles. The Morgan fingerprint density at radius 1 is 1.53 bits per heavy atom. The van der Waals surface area contributed by atoms with Gasteiger partial charge in [0.25, 0.3) is 5.91 Å². The average molecular weight is 212 g/mol. The predicted octanol–water partition coefficient (Wildman–Crippen LogP) is 1.06. The lowest BCUT2D eigenvalue weighted by Crippen LogP contribution is -2.56. The molecule has 0 spiro atoms. The molecule has 0 radical (unpaired) electrons. The van der Waals surface area contributed by atoms with Gasteiger partial charge in [-0.25, -0.2) is 5.06 Å². The molecule has 0 bridgehead atoms. The van der Waals surface area contributed by atoms with Crippen LogP contribution in [0, 0.1) is 5.92 Å². The van der Waals surface area contributed by atoms with Gasteiger partial charge in [-0.15, -0.1) is 0 Å². The summed E-state index contributed by atoms with van der Waals surface area (Å²) >= 11 is 0. The number of hydrogen-bond acceptors (Lipinski definition) is 3. The van der Waals surface area contributed by atoms with Gasteiger partial charge in [-0.05, 0) is 25.2 Å². The van der Waals surface area contributed by atoms with Gasteiger partial charge >= 0.3 is 0 Å². The first-order chi connectivity index (χ1) is 7.12. The summed E-state index contributed by atoms with van der Waals surface area (Å²) in [5.41, 5.74) is 5.54. The summed E-state index contributed by atoms with van der Waals surface area (Å²) in [6.45, 7) is 3.52. The van der Waals surface area contributed by atoms with Crippen LogP contribution in [0.4, 0.5) is 0 Å². The fraction of sp³-hybridized carbons (Fsp3) is 0.909. The van der Waals surface area contributed by atoms with E-state index in [0.717, 1.165) is 25.7 Å². The fourth-order valence-corrected chi connectivity index (χ4v) is 2.64. The van der Waals surface area contributed by atoms with Gasteiger partial charge in [-0.1, -0.05) is 19.8 Å². The van der Waals surface area contributed by atoms with E-state index in [-0.39, 0.29) is 5.91 Å². The third-order valence-electron chi connectivity index (χ3n) is 3.44. The number of hydrogen-bond donors (Lipinski definition) is 1. The van der Waals surface area contributed by atoms with Gasteiger partial charge in [0.1, 0.15) is 0 Å². The Morgan fingerprint density at radius 3 is 2.93 bits per heavy atom. The van der Waals surface area contributed by atoms with Crippen molar-refractivity contribution in [2.75, 3.05) is 13.2 Å². The number of amides is 1. The normalized spacial score (nSPS) is 36.9. The van der Waals surface area contributed by atoms with Gasteiger partial charge in [0.15, 0.2) is 0 Å². The van der Waals surface area contributed by atoms with Crippen molar-refractivity contribution in [3.05, 3.63) is 0 Å². The zero-order valence-electron chi connectivity index (χ0n) is 9.37. The lowest BCUT2D eigenvalue weighted by atomic mass is 9.76. The number of nitrogens with two attached hydrogens (primary N) is 1. The van der Waals surface area contributed by atoms with Crippen molar-refractivity contribution >= 4 is 5.91 Å². The zero-order chi connectivity index (χ0) is 10.9. The van der Waals surface area contributed by atoms with Gasteiger partial charge in [0.05, 0.1) is 18.7 Å². The van der Waals surface area contributed by atoms with E-state index in [1.165, 1.54) is 11.5 Å². The Morgan fingerprint density at radius 2 is 2.33 bits per heavy atom. The van der Waals surface area contributed by atoms with Crippen LogP contribution in [0.3, 0.4) is 0 Å². The molecule has 15 heavy (non-hydrogen) atoms. The van der Waals surface area contributed by atoms with E-state index in [4.69, 9.17) is 10.6 Å². The number of hydroxylamine groups is 2. The van der Waals surface area contributed by atoms with Crippen molar-refractivity contribution in [3.63, 3.8) is 0 Å². The van der Waals surface area contributed by atoms with Crippen LogP contribution in [-0.4, -0.2) is 29.7 Å². The van der Waals surface area contributed by atoms with Crippen LogP contribution in [-0.2, 0) is 9.63 Å². The summed E-state index contributed by atoms with van der Waals surface area (Å²) in [5, 5.41) is 1.47. The molecule has 2 aliphatic rings. The molecule has 1 heterocycles. The molecule has 86 valence electrons. The third kappa shape index (κ3) is 2.16. The second-order valence-electron chi connectivity index (χ2n) is 4.95. The Balaban J connectivity index is 2.03. The first-order valence-corrected chi connectivity index (χ1v) is 5.85. The summed E-state index contributed by atoms with van der Waals surface area (Å²) in [7, 11) is 0. The minimum absolute atomic E-state index is 0.00782. The molecule has 0 aromatic rings. The van der Waals surface area contributed by atoms with Gasteiger partial charge in [-0.3, -0.25) is 9.63 Å². The van der Waals surface area contributed by atoms with E-state index in [1.54, 1.807) is 0 Å². The molecule has 4 nitrogen and oxygen atoms in total. The van der Waals surface area contributed by atoms with E-state index in [9.17, 15) is 4.79 Å². The molecular formula is C11H20N2O2. The molecule has 2 fully saturated rings. The van der Waals surface area contributed by atoms with Crippen molar-refractivity contribution in [2.45, 2.75) is 44.6 Å². The van der Waals surface area contributed by atoms with Gasteiger partial charge in [0, 0.05) is 0 Å². The first-order valence-electron chi connectivity index (χ1n) is 5.85. The molecule has 4 heteroatoms. The average Bonchev–Trinajstić information content (AvgIpc) is 2.68. The topological polar surface area (TPSA) is 55.6 Å². The molecule has 1 amide bonds. The Bertz CT molecular complexity index is 251. The summed E-state index contributed by atoms with van der Waals surface area (Å²) < 4.78 is 0. The van der Waals surface area contributed by atoms with Gasteiger partial charge < -0.3 is 5.73 Å². The highest BCUT2D eigenvalue weighted by molar-refractivity contribution is 5.85. The van der Waals surface area contributed by atoms with Gasteiger partial charge in [-0.2, -0.15) is 0 Å². The van der Waals surface area contributed by atoms with Crippen LogP contribution < -0.4 is 5.73 Å². The molecule has 2 unspecified atom stereocenters. The highest BCUT2D eigenvalue weighted by atomic mass is 16.7. The van der Waals surface area contributed by atoms with Crippen molar-refractivity contribution < 1.29 is 9.63 Å². The zero-order valence-corrected chi connectivity index (χ0v) is 9.37. The lowest BCUT2D eigenvalue weighted by Gasteiger charge is -2.37. The smallest absolute Gasteiger partial charge is 0.266 e. The fourth-order valence-electron chi connectivity index (χ4n) is 2.64. The van der Waals surface area contributed by atoms with Crippen LogP contribution >= 0.6 is 0 Å². The molecule has 2 rings (SSSR count). The molecule has 2 atom stereocenters. The van der Waals surface area contributed by atoms with Crippen LogP contribution in [0.2, 0.25) is 0 Å². The standard InChI is InChI=1S/C11H20N2O2/c1-9-4-2-5-11(12,8-9)10(14)13-6-3-7-15-13/h9H,2-8,12H2,1H3. The Hall–Kier alpha value is -0.610. The Kier molecular flexibility index (Phi) is 2.98. The van der Waals surface area contributed by atoms with Crippen LogP contribution in [0.5, 0.6) is 0 Å². The second kappa shape index (κ2) is 4.10. The number of nitrogens with zero attached hydrogens (tertiary/aromatic N) is 1. The largest absolute Gasteiger partial charge is 0.317 e. The van der Waals surface area contributed by atoms with Crippen molar-refractivity contribution in [3.8, 4) is 0 Å². The first kappa shape index (κ1) is 10.9. The summed E-state index contributed by atoms with van der Waals surface area (Å²) in [4.78, 5) is 17.4. The lowest BCUT2D eigenvalue weighted by molar-refractivity contribution is -0.176. The maximum Gasteiger partial charge on any atom is 0.266 e. The van der Waals surface area contributed by atoms with Gasteiger partial charge in [0.2, 0.25) is 0 Å². The molecule has 1 saturated heterocycles. The minimum atomic E-state index is -0.665. The molecule has 1 aliphatic carbocycles. The highest BCUT2D eigenvalue weighted by Gasteiger charge is 2.41. The molecular weight excluding hydrogens is 192 g/mol. The molecule has 2 N–H and O–H groups in total. The molecule has 0 aromatic heterocycles. The monoisotopic (exact) mass is 212 g/mol. The van der Waals surface area contributed by atoms with Crippen LogP contribution in [0.15, 0.2) is 0 Å². The van der Waals surface area contributed by atoms with E-state index in [2.05, 4.69) is 6.92 Å². The Labute approximate surface area is 90.7 Å². The van der Waals surface area contributed by atoms with E-state index >= 15 is 0 Å².